The average molecular weight is 294 g/mol. The lowest BCUT2D eigenvalue weighted by molar-refractivity contribution is -0.120. The first-order chi connectivity index (χ1) is 9.97. The molecule has 1 rings (SSSR count). The number of benzene rings is 1. The average Bonchev–Trinajstić information content (AvgIpc) is 2.52. The first kappa shape index (κ1) is 17.3. The zero-order valence-electron chi connectivity index (χ0n) is 13.4. The van der Waals surface area contributed by atoms with Crippen LogP contribution in [0.15, 0.2) is 18.2 Å². The number of carbonyl (C=O) groups excluding carboxylic acids is 1. The third-order valence-corrected chi connectivity index (χ3v) is 3.88. The molecule has 0 spiro atoms. The summed E-state index contributed by atoms with van der Waals surface area (Å²) in [6.45, 7) is 4.53. The molecule has 0 heterocycles. The summed E-state index contributed by atoms with van der Waals surface area (Å²) in [7, 11) is 3.18. The van der Waals surface area contributed by atoms with Crippen molar-refractivity contribution < 1.29 is 14.3 Å². The van der Waals surface area contributed by atoms with Crippen LogP contribution in [0.4, 0.5) is 0 Å². The van der Waals surface area contributed by atoms with Gasteiger partial charge >= 0.3 is 0 Å². The van der Waals surface area contributed by atoms with Crippen LogP contribution in [0.3, 0.4) is 0 Å². The van der Waals surface area contributed by atoms with Crippen molar-refractivity contribution in [2.75, 3.05) is 20.8 Å². The van der Waals surface area contributed by atoms with Crippen molar-refractivity contribution in [3.05, 3.63) is 23.8 Å². The molecule has 5 nitrogen and oxygen atoms in total. The number of ether oxygens (including phenoxy) is 2. The van der Waals surface area contributed by atoms with Crippen LogP contribution in [0, 0.1) is 0 Å². The Morgan fingerprint density at radius 3 is 2.43 bits per heavy atom. The fourth-order valence-corrected chi connectivity index (χ4v) is 2.03. The minimum absolute atomic E-state index is 0.0710. The smallest absolute Gasteiger partial charge is 0.224 e. The lowest BCUT2D eigenvalue weighted by Gasteiger charge is -2.26. The summed E-state index contributed by atoms with van der Waals surface area (Å²) >= 11 is 0. The molecule has 21 heavy (non-hydrogen) atoms. The van der Waals surface area contributed by atoms with E-state index >= 15 is 0 Å². The highest BCUT2D eigenvalue weighted by molar-refractivity contribution is 5.79. The number of nitrogens with one attached hydrogen (secondary N) is 1. The molecule has 3 N–H and O–H groups in total. The number of rotatable bonds is 8. The predicted molar refractivity (Wildman–Crippen MR) is 83.8 cm³/mol. The minimum atomic E-state index is -0.339. The van der Waals surface area contributed by atoms with Gasteiger partial charge in [-0.25, -0.2) is 0 Å². The summed E-state index contributed by atoms with van der Waals surface area (Å²) in [6.07, 6.45) is 1.89. The third kappa shape index (κ3) is 4.93. The van der Waals surface area contributed by atoms with Crippen molar-refractivity contribution in [2.24, 2.45) is 5.73 Å². The van der Waals surface area contributed by atoms with Crippen LogP contribution < -0.4 is 20.5 Å². The van der Waals surface area contributed by atoms with Gasteiger partial charge in [0.15, 0.2) is 0 Å². The molecule has 5 heteroatoms. The van der Waals surface area contributed by atoms with Crippen LogP contribution in [-0.2, 0) is 11.2 Å². The van der Waals surface area contributed by atoms with E-state index in [1.165, 1.54) is 0 Å². The molecular formula is C16H26N2O3. The van der Waals surface area contributed by atoms with Crippen LogP contribution in [-0.4, -0.2) is 32.2 Å². The molecule has 0 aliphatic rings. The molecule has 0 saturated carbocycles. The fraction of sp³-hybridized carbons (Fsp3) is 0.562. The summed E-state index contributed by atoms with van der Waals surface area (Å²) in [4.78, 5) is 12.1. The van der Waals surface area contributed by atoms with Crippen molar-refractivity contribution in [3.8, 4) is 11.5 Å². The van der Waals surface area contributed by atoms with E-state index in [-0.39, 0.29) is 17.9 Å². The number of amides is 1. The molecule has 1 aromatic rings. The van der Waals surface area contributed by atoms with Crippen molar-refractivity contribution in [1.29, 1.82) is 0 Å². The summed E-state index contributed by atoms with van der Waals surface area (Å²) in [5, 5.41) is 2.90. The van der Waals surface area contributed by atoms with Crippen LogP contribution in [0.5, 0.6) is 11.5 Å². The molecule has 0 atom stereocenters. The molecular weight excluding hydrogens is 268 g/mol. The van der Waals surface area contributed by atoms with Crippen molar-refractivity contribution in [2.45, 2.75) is 38.6 Å². The Morgan fingerprint density at radius 1 is 1.24 bits per heavy atom. The molecule has 118 valence electrons. The van der Waals surface area contributed by atoms with Gasteiger partial charge < -0.3 is 20.5 Å². The number of methoxy groups -OCH3 is 2. The SMILES string of the molecule is CCC(N)(CC)CNC(=O)Cc1cc(OC)ccc1OC. The highest BCUT2D eigenvalue weighted by Crippen LogP contribution is 2.24. The fourth-order valence-electron chi connectivity index (χ4n) is 2.03. The van der Waals surface area contributed by atoms with Crippen molar-refractivity contribution >= 4 is 5.91 Å². The zero-order chi connectivity index (χ0) is 15.9. The summed E-state index contributed by atoms with van der Waals surface area (Å²) < 4.78 is 10.5. The Bertz CT molecular complexity index is 471. The maximum atomic E-state index is 12.1. The molecule has 1 amide bonds. The van der Waals surface area contributed by atoms with Crippen LogP contribution in [0.1, 0.15) is 32.3 Å². The third-order valence-electron chi connectivity index (χ3n) is 3.88. The minimum Gasteiger partial charge on any atom is -0.497 e. The summed E-state index contributed by atoms with van der Waals surface area (Å²) in [5.41, 5.74) is 6.64. The lowest BCUT2D eigenvalue weighted by atomic mass is 9.94. The van der Waals surface area contributed by atoms with Crippen LogP contribution in [0.25, 0.3) is 0 Å². The van der Waals surface area contributed by atoms with Crippen LogP contribution >= 0.6 is 0 Å². The summed E-state index contributed by atoms with van der Waals surface area (Å²) in [6, 6.07) is 5.42. The second-order valence-corrected chi connectivity index (χ2v) is 5.20. The number of nitrogens with two attached hydrogens (primary N) is 1. The largest absolute Gasteiger partial charge is 0.497 e. The van der Waals surface area contributed by atoms with E-state index in [2.05, 4.69) is 5.32 Å². The maximum absolute atomic E-state index is 12.1. The van der Waals surface area contributed by atoms with Gasteiger partial charge in [0.25, 0.3) is 0 Å². The van der Waals surface area contributed by atoms with Gasteiger partial charge in [-0.2, -0.15) is 0 Å². The quantitative estimate of drug-likeness (QED) is 0.768. The molecule has 0 fully saturated rings. The topological polar surface area (TPSA) is 73.6 Å². The highest BCUT2D eigenvalue weighted by atomic mass is 16.5. The van der Waals surface area contributed by atoms with E-state index in [0.29, 0.717) is 18.0 Å². The van der Waals surface area contributed by atoms with E-state index in [4.69, 9.17) is 15.2 Å². The Kier molecular flexibility index (Phi) is 6.49. The van der Waals surface area contributed by atoms with E-state index in [1.54, 1.807) is 26.4 Å². The predicted octanol–water partition coefficient (Wildman–Crippen LogP) is 1.88. The van der Waals surface area contributed by atoms with Gasteiger partial charge in [-0.1, -0.05) is 13.8 Å². The highest BCUT2D eigenvalue weighted by Gasteiger charge is 2.21. The molecule has 0 aliphatic carbocycles. The molecule has 0 saturated heterocycles. The summed E-state index contributed by atoms with van der Waals surface area (Å²) in [5.74, 6) is 1.31. The van der Waals surface area contributed by atoms with E-state index in [0.717, 1.165) is 18.4 Å². The van der Waals surface area contributed by atoms with Gasteiger partial charge in [-0.3, -0.25) is 4.79 Å². The monoisotopic (exact) mass is 294 g/mol. The van der Waals surface area contributed by atoms with Gasteiger partial charge in [0.1, 0.15) is 11.5 Å². The second kappa shape index (κ2) is 7.88. The maximum Gasteiger partial charge on any atom is 0.224 e. The molecule has 0 bridgehead atoms. The normalized spacial score (nSPS) is 11.1. The van der Waals surface area contributed by atoms with Crippen molar-refractivity contribution in [1.82, 2.24) is 5.32 Å². The first-order valence-electron chi connectivity index (χ1n) is 7.24. The molecule has 0 unspecified atom stereocenters. The van der Waals surface area contributed by atoms with E-state index in [9.17, 15) is 4.79 Å². The Balaban J connectivity index is 2.70. The lowest BCUT2D eigenvalue weighted by Crippen LogP contribution is -2.49. The zero-order valence-corrected chi connectivity index (χ0v) is 13.4. The van der Waals surface area contributed by atoms with Crippen molar-refractivity contribution in [3.63, 3.8) is 0 Å². The van der Waals surface area contributed by atoms with Crippen LogP contribution in [0.2, 0.25) is 0 Å². The van der Waals surface area contributed by atoms with Gasteiger partial charge in [0.2, 0.25) is 5.91 Å². The van der Waals surface area contributed by atoms with Gasteiger partial charge in [0, 0.05) is 17.6 Å². The van der Waals surface area contributed by atoms with E-state index in [1.807, 2.05) is 19.9 Å². The Morgan fingerprint density at radius 2 is 1.90 bits per heavy atom. The molecule has 1 aromatic carbocycles. The van der Waals surface area contributed by atoms with Gasteiger partial charge in [-0.05, 0) is 31.0 Å². The van der Waals surface area contributed by atoms with E-state index < -0.39 is 0 Å². The first-order valence-corrected chi connectivity index (χ1v) is 7.24. The number of hydrogen-bond donors (Lipinski definition) is 2. The number of carbonyl (C=O) groups is 1. The standard InChI is InChI=1S/C16H26N2O3/c1-5-16(17,6-2)11-18-15(19)10-12-9-13(20-3)7-8-14(12)21-4/h7-9H,5-6,10-11,17H2,1-4H3,(H,18,19). The Hall–Kier alpha value is -1.75. The Labute approximate surface area is 126 Å². The van der Waals surface area contributed by atoms with Gasteiger partial charge in [-0.15, -0.1) is 0 Å². The second-order valence-electron chi connectivity index (χ2n) is 5.20. The number of hydrogen-bond acceptors (Lipinski definition) is 4. The van der Waals surface area contributed by atoms with Gasteiger partial charge in [0.05, 0.1) is 20.6 Å². The molecule has 0 aliphatic heterocycles. The molecule has 0 radical (unpaired) electrons. The molecule has 0 aromatic heterocycles.